The van der Waals surface area contributed by atoms with E-state index in [4.69, 9.17) is 9.47 Å². The normalized spacial score (nSPS) is 62.5. The molecular weight excluding hydrogens is 372 g/mol. The molecule has 0 radical (unpaired) electrons. The van der Waals surface area contributed by atoms with Crippen LogP contribution in [0.25, 0.3) is 0 Å². The van der Waals surface area contributed by atoms with E-state index in [1.807, 2.05) is 0 Å². The quantitative estimate of drug-likeness (QED) is 0.543. The minimum Gasteiger partial charge on any atom is -0.393 e. The van der Waals surface area contributed by atoms with Crippen LogP contribution in [0.4, 0.5) is 0 Å². The molecule has 6 aliphatic rings. The third-order valence-corrected chi connectivity index (χ3v) is 11.9. The molecule has 1 N–H and O–H groups in total. The molecule has 1 spiro atoms. The van der Waals surface area contributed by atoms with Crippen molar-refractivity contribution in [2.75, 3.05) is 6.61 Å². The lowest BCUT2D eigenvalue weighted by molar-refractivity contribution is -0.273. The second-order valence-electron chi connectivity index (χ2n) is 13.1. The summed E-state index contributed by atoms with van der Waals surface area (Å²) in [5, 5.41) is 10.3. The minimum absolute atomic E-state index is 0.0389. The molecule has 30 heavy (non-hydrogen) atoms. The number of aliphatic hydroxyl groups is 1. The summed E-state index contributed by atoms with van der Waals surface area (Å²) in [6.07, 6.45) is 12.9. The summed E-state index contributed by atoms with van der Waals surface area (Å²) >= 11 is 0. The summed E-state index contributed by atoms with van der Waals surface area (Å²) < 4.78 is 13.4. The van der Waals surface area contributed by atoms with E-state index in [1.165, 1.54) is 44.9 Å². The van der Waals surface area contributed by atoms with Crippen molar-refractivity contribution in [3.05, 3.63) is 0 Å². The maximum atomic E-state index is 10.3. The monoisotopic (exact) mass is 416 g/mol. The first-order valence-electron chi connectivity index (χ1n) is 13.3. The molecule has 2 saturated heterocycles. The number of fused-ring (bicyclic) bond motifs is 7. The SMILES string of the molecule is C[C@@H]1CC[C@@]2(OC1)O[C@H]1C[C@H]3[C@H]4CC[C@H]5C[C@@H](O)CC[C@]5(C)[C@@H]4CC[C@]3(C)[C@H]1[C@@H]2C. The van der Waals surface area contributed by atoms with Gasteiger partial charge in [-0.1, -0.05) is 27.7 Å². The Morgan fingerprint density at radius 3 is 2.40 bits per heavy atom. The van der Waals surface area contributed by atoms with Gasteiger partial charge < -0.3 is 14.6 Å². The second-order valence-corrected chi connectivity index (χ2v) is 13.1. The van der Waals surface area contributed by atoms with E-state index in [9.17, 15) is 5.11 Å². The number of hydrogen-bond acceptors (Lipinski definition) is 3. The van der Waals surface area contributed by atoms with Crippen molar-refractivity contribution in [1.29, 1.82) is 0 Å². The molecule has 2 heterocycles. The molecule has 6 fully saturated rings. The van der Waals surface area contributed by atoms with Gasteiger partial charge in [0.15, 0.2) is 5.79 Å². The lowest BCUT2D eigenvalue weighted by Gasteiger charge is -2.61. The largest absolute Gasteiger partial charge is 0.393 e. The van der Waals surface area contributed by atoms with Crippen molar-refractivity contribution >= 4 is 0 Å². The molecule has 0 aromatic carbocycles. The summed E-state index contributed by atoms with van der Waals surface area (Å²) in [7, 11) is 0. The Kier molecular flexibility index (Phi) is 4.58. The summed E-state index contributed by atoms with van der Waals surface area (Å²) in [6, 6.07) is 0. The van der Waals surface area contributed by atoms with Crippen molar-refractivity contribution in [3.8, 4) is 0 Å². The molecule has 0 aromatic heterocycles. The molecule has 3 nitrogen and oxygen atoms in total. The minimum atomic E-state index is -0.282. The number of aliphatic hydroxyl groups excluding tert-OH is 1. The second kappa shape index (κ2) is 6.70. The predicted molar refractivity (Wildman–Crippen MR) is 118 cm³/mol. The van der Waals surface area contributed by atoms with E-state index in [2.05, 4.69) is 27.7 Å². The van der Waals surface area contributed by atoms with E-state index < -0.39 is 0 Å². The Bertz CT molecular complexity index is 684. The van der Waals surface area contributed by atoms with Crippen molar-refractivity contribution in [3.63, 3.8) is 0 Å². The smallest absolute Gasteiger partial charge is 0.171 e. The van der Waals surface area contributed by atoms with Gasteiger partial charge in [-0.3, -0.25) is 0 Å². The van der Waals surface area contributed by atoms with Gasteiger partial charge in [0.25, 0.3) is 0 Å². The zero-order valence-corrected chi connectivity index (χ0v) is 19.7. The Morgan fingerprint density at radius 2 is 1.63 bits per heavy atom. The molecule has 0 amide bonds. The Balaban J connectivity index is 1.26. The molecule has 2 aliphatic heterocycles. The van der Waals surface area contributed by atoms with Crippen LogP contribution in [-0.4, -0.2) is 29.7 Å². The molecule has 0 aromatic rings. The molecule has 0 unspecified atom stereocenters. The Labute approximate surface area is 183 Å². The predicted octanol–water partition coefficient (Wildman–Crippen LogP) is 5.79. The zero-order valence-electron chi connectivity index (χ0n) is 19.7. The average molecular weight is 417 g/mol. The van der Waals surface area contributed by atoms with Crippen LogP contribution in [0.2, 0.25) is 0 Å². The summed E-state index contributed by atoms with van der Waals surface area (Å²) in [6.45, 7) is 10.9. The fraction of sp³-hybridized carbons (Fsp3) is 1.00. The van der Waals surface area contributed by atoms with Crippen LogP contribution < -0.4 is 0 Å². The molecule has 4 saturated carbocycles. The molecule has 0 bridgehead atoms. The molecule has 12 atom stereocenters. The number of rotatable bonds is 0. The highest BCUT2D eigenvalue weighted by molar-refractivity contribution is 5.15. The van der Waals surface area contributed by atoms with Gasteiger partial charge in [-0.05, 0) is 104 Å². The summed E-state index contributed by atoms with van der Waals surface area (Å²) in [5.74, 6) is 4.93. The maximum Gasteiger partial charge on any atom is 0.171 e. The highest BCUT2D eigenvalue weighted by Crippen LogP contribution is 2.71. The van der Waals surface area contributed by atoms with Gasteiger partial charge in [-0.25, -0.2) is 0 Å². The number of hydrogen-bond donors (Lipinski definition) is 1. The average Bonchev–Trinajstić information content (AvgIpc) is 3.16. The Morgan fingerprint density at radius 1 is 0.833 bits per heavy atom. The molecule has 6 rings (SSSR count). The standard InChI is InChI=1S/C27H44O3/c1-16-7-12-27(29-15-16)17(2)24-23(30-27)14-22-20-6-5-18-13-19(28)8-10-25(18,3)21(20)9-11-26(22,24)4/h16-24,28H,5-15H2,1-4H3/t16-,17+,18+,19+,20+,21-,22+,23+,24+,25+,26+,27-/m1/s1. The van der Waals surface area contributed by atoms with Crippen LogP contribution in [0.5, 0.6) is 0 Å². The van der Waals surface area contributed by atoms with E-state index in [1.54, 1.807) is 0 Å². The van der Waals surface area contributed by atoms with Gasteiger partial charge in [-0.15, -0.1) is 0 Å². The first kappa shape index (κ1) is 20.5. The lowest BCUT2D eigenvalue weighted by Crippen LogP contribution is -2.55. The van der Waals surface area contributed by atoms with Gasteiger partial charge in [-0.2, -0.15) is 0 Å². The van der Waals surface area contributed by atoms with Crippen LogP contribution >= 0.6 is 0 Å². The van der Waals surface area contributed by atoms with E-state index in [-0.39, 0.29) is 11.9 Å². The molecular formula is C27H44O3. The highest BCUT2D eigenvalue weighted by Gasteiger charge is 2.69. The van der Waals surface area contributed by atoms with E-state index in [0.29, 0.717) is 34.7 Å². The fourth-order valence-electron chi connectivity index (χ4n) is 10.3. The zero-order chi connectivity index (χ0) is 20.9. The van der Waals surface area contributed by atoms with Crippen LogP contribution in [0.15, 0.2) is 0 Å². The fourth-order valence-corrected chi connectivity index (χ4v) is 10.3. The first-order chi connectivity index (χ1) is 14.3. The van der Waals surface area contributed by atoms with Crippen molar-refractivity contribution < 1.29 is 14.6 Å². The van der Waals surface area contributed by atoms with Crippen molar-refractivity contribution in [2.24, 2.45) is 52.3 Å². The van der Waals surface area contributed by atoms with Gasteiger partial charge in [0.2, 0.25) is 0 Å². The van der Waals surface area contributed by atoms with Gasteiger partial charge >= 0.3 is 0 Å². The first-order valence-corrected chi connectivity index (χ1v) is 13.3. The Hall–Kier alpha value is -0.120. The summed E-state index contributed by atoms with van der Waals surface area (Å²) in [5.41, 5.74) is 0.899. The maximum absolute atomic E-state index is 10.3. The summed E-state index contributed by atoms with van der Waals surface area (Å²) in [4.78, 5) is 0. The third kappa shape index (κ3) is 2.61. The van der Waals surface area contributed by atoms with Gasteiger partial charge in [0.05, 0.1) is 18.8 Å². The van der Waals surface area contributed by atoms with Crippen molar-refractivity contribution in [2.45, 2.75) is 110 Å². The molecule has 170 valence electrons. The van der Waals surface area contributed by atoms with Gasteiger partial charge in [0.1, 0.15) is 0 Å². The molecule has 4 aliphatic carbocycles. The van der Waals surface area contributed by atoms with Crippen LogP contribution in [-0.2, 0) is 9.47 Å². The van der Waals surface area contributed by atoms with E-state index >= 15 is 0 Å². The topological polar surface area (TPSA) is 38.7 Å². The number of ether oxygens (including phenoxy) is 2. The van der Waals surface area contributed by atoms with Gasteiger partial charge in [0, 0.05) is 12.3 Å². The van der Waals surface area contributed by atoms with Crippen LogP contribution in [0.1, 0.15) is 91.9 Å². The van der Waals surface area contributed by atoms with Crippen LogP contribution in [0, 0.1) is 52.3 Å². The van der Waals surface area contributed by atoms with Crippen LogP contribution in [0.3, 0.4) is 0 Å². The van der Waals surface area contributed by atoms with Crippen molar-refractivity contribution in [1.82, 2.24) is 0 Å². The highest BCUT2D eigenvalue weighted by atomic mass is 16.7. The molecule has 3 heteroatoms. The van der Waals surface area contributed by atoms with E-state index in [0.717, 1.165) is 49.5 Å². The lowest BCUT2D eigenvalue weighted by atomic mass is 9.44. The third-order valence-electron chi connectivity index (χ3n) is 11.9.